The van der Waals surface area contributed by atoms with E-state index in [1.54, 1.807) is 13.2 Å². The third-order valence-electron chi connectivity index (χ3n) is 2.05. The molecule has 7 heteroatoms. The van der Waals surface area contributed by atoms with Gasteiger partial charge in [0.1, 0.15) is 0 Å². The quantitative estimate of drug-likeness (QED) is 0.705. The molecule has 0 aliphatic rings. The highest BCUT2D eigenvalue weighted by atomic mass is 16.1. The molecule has 2 rings (SSSR count). The normalized spacial score (nSPS) is 10.3. The summed E-state index contributed by atoms with van der Waals surface area (Å²) in [7, 11) is 1.69. The number of amides is 1. The standard InChI is InChI=1S/C9H9N5O2/c1-13-3-7(5-15)9(12-13)14-4-6(2-11-14)8(10)16/h2-5H,1H3,(H2,10,16). The molecule has 2 aromatic heterocycles. The Morgan fingerprint density at radius 1 is 1.50 bits per heavy atom. The van der Waals surface area contributed by atoms with Crippen LogP contribution in [-0.2, 0) is 7.05 Å². The lowest BCUT2D eigenvalue weighted by Gasteiger charge is -1.95. The Balaban J connectivity index is 2.49. The zero-order valence-electron chi connectivity index (χ0n) is 8.49. The Hall–Kier alpha value is -2.44. The second-order valence-corrected chi connectivity index (χ2v) is 3.24. The molecule has 7 nitrogen and oxygen atoms in total. The molecule has 0 saturated carbocycles. The second kappa shape index (κ2) is 3.61. The van der Waals surface area contributed by atoms with E-state index in [2.05, 4.69) is 10.2 Å². The van der Waals surface area contributed by atoms with Crippen LogP contribution in [0.1, 0.15) is 20.7 Å². The van der Waals surface area contributed by atoms with Crippen LogP contribution in [0.25, 0.3) is 5.82 Å². The topological polar surface area (TPSA) is 95.8 Å². The van der Waals surface area contributed by atoms with Crippen molar-refractivity contribution in [3.63, 3.8) is 0 Å². The number of aryl methyl sites for hydroxylation is 1. The van der Waals surface area contributed by atoms with Gasteiger partial charge in [-0.1, -0.05) is 0 Å². The second-order valence-electron chi connectivity index (χ2n) is 3.24. The third kappa shape index (κ3) is 1.58. The van der Waals surface area contributed by atoms with E-state index in [4.69, 9.17) is 5.73 Å². The number of aromatic nitrogens is 4. The summed E-state index contributed by atoms with van der Waals surface area (Å²) < 4.78 is 2.83. The molecule has 0 saturated heterocycles. The maximum Gasteiger partial charge on any atom is 0.251 e. The Morgan fingerprint density at radius 2 is 2.25 bits per heavy atom. The maximum absolute atomic E-state index is 10.9. The fraction of sp³-hybridized carbons (Fsp3) is 0.111. The van der Waals surface area contributed by atoms with Crippen LogP contribution in [0.4, 0.5) is 0 Å². The van der Waals surface area contributed by atoms with Gasteiger partial charge in [0, 0.05) is 19.4 Å². The van der Waals surface area contributed by atoms with E-state index in [0.717, 1.165) is 0 Å². The van der Waals surface area contributed by atoms with Crippen molar-refractivity contribution < 1.29 is 9.59 Å². The minimum atomic E-state index is -0.574. The highest BCUT2D eigenvalue weighted by molar-refractivity contribution is 5.92. The van der Waals surface area contributed by atoms with Gasteiger partial charge in [0.05, 0.1) is 17.3 Å². The van der Waals surface area contributed by atoms with Gasteiger partial charge in [-0.3, -0.25) is 14.3 Å². The summed E-state index contributed by atoms with van der Waals surface area (Å²) >= 11 is 0. The molecule has 0 radical (unpaired) electrons. The molecule has 2 heterocycles. The summed E-state index contributed by atoms with van der Waals surface area (Å²) in [5.74, 6) is -0.208. The van der Waals surface area contributed by atoms with Crippen LogP contribution in [0.3, 0.4) is 0 Å². The smallest absolute Gasteiger partial charge is 0.251 e. The molecule has 0 aliphatic carbocycles. The summed E-state index contributed by atoms with van der Waals surface area (Å²) in [6.07, 6.45) is 4.99. The van der Waals surface area contributed by atoms with Crippen LogP contribution in [0.15, 0.2) is 18.6 Å². The summed E-state index contributed by atoms with van der Waals surface area (Å²) in [5.41, 5.74) is 5.75. The molecule has 0 atom stereocenters. The summed E-state index contributed by atoms with van der Waals surface area (Å²) in [5, 5.41) is 7.97. The zero-order valence-corrected chi connectivity index (χ0v) is 8.49. The lowest BCUT2D eigenvalue weighted by atomic mass is 10.3. The highest BCUT2D eigenvalue weighted by Gasteiger charge is 2.12. The molecule has 0 unspecified atom stereocenters. The number of carbonyl (C=O) groups excluding carboxylic acids is 2. The lowest BCUT2D eigenvalue weighted by Crippen LogP contribution is -2.09. The first-order chi connectivity index (χ1) is 7.61. The number of hydrogen-bond donors (Lipinski definition) is 1. The van der Waals surface area contributed by atoms with Crippen LogP contribution >= 0.6 is 0 Å². The van der Waals surface area contributed by atoms with Gasteiger partial charge in [0.25, 0.3) is 5.91 Å². The first-order valence-electron chi connectivity index (χ1n) is 4.45. The summed E-state index contributed by atoms with van der Waals surface area (Å²) in [4.78, 5) is 21.6. The summed E-state index contributed by atoms with van der Waals surface area (Å²) in [6.45, 7) is 0. The van der Waals surface area contributed by atoms with Gasteiger partial charge < -0.3 is 5.73 Å². The van der Waals surface area contributed by atoms with Crippen molar-refractivity contribution in [3.8, 4) is 5.82 Å². The van der Waals surface area contributed by atoms with E-state index in [9.17, 15) is 9.59 Å². The third-order valence-corrected chi connectivity index (χ3v) is 2.05. The maximum atomic E-state index is 10.9. The molecule has 2 N–H and O–H groups in total. The van der Waals surface area contributed by atoms with Gasteiger partial charge in [0.2, 0.25) is 0 Å². The lowest BCUT2D eigenvalue weighted by molar-refractivity contribution is 0.1000. The van der Waals surface area contributed by atoms with Gasteiger partial charge in [-0.15, -0.1) is 0 Å². The van der Waals surface area contributed by atoms with E-state index in [-0.39, 0.29) is 5.56 Å². The van der Waals surface area contributed by atoms with Crippen LogP contribution in [0.2, 0.25) is 0 Å². The zero-order chi connectivity index (χ0) is 11.7. The van der Waals surface area contributed by atoms with Gasteiger partial charge >= 0.3 is 0 Å². The number of nitrogens with zero attached hydrogens (tertiary/aromatic N) is 4. The van der Waals surface area contributed by atoms with Crippen molar-refractivity contribution in [2.24, 2.45) is 12.8 Å². The Morgan fingerprint density at radius 3 is 2.81 bits per heavy atom. The molecule has 0 aliphatic heterocycles. The van der Waals surface area contributed by atoms with Crippen molar-refractivity contribution in [1.29, 1.82) is 0 Å². The molecule has 0 fully saturated rings. The molecule has 0 bridgehead atoms. The molecular formula is C9H9N5O2. The fourth-order valence-corrected chi connectivity index (χ4v) is 1.32. The molecule has 0 spiro atoms. The van der Waals surface area contributed by atoms with Crippen LogP contribution in [0, 0.1) is 0 Å². The number of nitrogens with two attached hydrogens (primary N) is 1. The molecule has 0 aromatic carbocycles. The summed E-state index contributed by atoms with van der Waals surface area (Å²) in [6, 6.07) is 0. The van der Waals surface area contributed by atoms with Gasteiger partial charge in [-0.25, -0.2) is 4.68 Å². The minimum absolute atomic E-state index is 0.266. The van der Waals surface area contributed by atoms with Crippen molar-refractivity contribution in [2.75, 3.05) is 0 Å². The van der Waals surface area contributed by atoms with E-state index in [0.29, 0.717) is 17.7 Å². The Kier molecular flexibility index (Phi) is 2.28. The Labute approximate surface area is 90.5 Å². The molecule has 1 amide bonds. The molecule has 16 heavy (non-hydrogen) atoms. The molecule has 82 valence electrons. The van der Waals surface area contributed by atoms with Gasteiger partial charge in [0.15, 0.2) is 12.1 Å². The number of carbonyl (C=O) groups is 2. The van der Waals surface area contributed by atoms with Crippen molar-refractivity contribution >= 4 is 12.2 Å². The van der Waals surface area contributed by atoms with Crippen LogP contribution < -0.4 is 5.73 Å². The van der Waals surface area contributed by atoms with Gasteiger partial charge in [-0.2, -0.15) is 10.2 Å². The number of hydrogen-bond acceptors (Lipinski definition) is 4. The van der Waals surface area contributed by atoms with E-state index in [1.807, 2.05) is 0 Å². The average molecular weight is 219 g/mol. The first-order valence-corrected chi connectivity index (χ1v) is 4.45. The van der Waals surface area contributed by atoms with Crippen molar-refractivity contribution in [2.45, 2.75) is 0 Å². The van der Waals surface area contributed by atoms with E-state index in [1.165, 1.54) is 21.8 Å². The average Bonchev–Trinajstić information content (AvgIpc) is 2.82. The number of rotatable bonds is 3. The minimum Gasteiger partial charge on any atom is -0.366 e. The van der Waals surface area contributed by atoms with Crippen LogP contribution in [-0.4, -0.2) is 31.8 Å². The first kappa shape index (κ1) is 10.1. The van der Waals surface area contributed by atoms with Crippen LogP contribution in [0.5, 0.6) is 0 Å². The fourth-order valence-electron chi connectivity index (χ4n) is 1.32. The molecular weight excluding hydrogens is 210 g/mol. The van der Waals surface area contributed by atoms with E-state index < -0.39 is 5.91 Å². The number of aldehydes is 1. The Bertz CT molecular complexity index is 554. The monoisotopic (exact) mass is 219 g/mol. The van der Waals surface area contributed by atoms with Crippen molar-refractivity contribution in [3.05, 3.63) is 29.7 Å². The van der Waals surface area contributed by atoms with Crippen molar-refractivity contribution in [1.82, 2.24) is 19.6 Å². The molecule has 2 aromatic rings. The largest absolute Gasteiger partial charge is 0.366 e. The predicted molar refractivity (Wildman–Crippen MR) is 54.2 cm³/mol. The highest BCUT2D eigenvalue weighted by Crippen LogP contribution is 2.10. The SMILES string of the molecule is Cn1cc(C=O)c(-n2cc(C(N)=O)cn2)n1. The van der Waals surface area contributed by atoms with E-state index >= 15 is 0 Å². The number of primary amides is 1. The van der Waals surface area contributed by atoms with Gasteiger partial charge in [-0.05, 0) is 0 Å². The predicted octanol–water partition coefficient (Wildman–Crippen LogP) is -0.483.